The lowest BCUT2D eigenvalue weighted by molar-refractivity contribution is -0.619. The van der Waals surface area contributed by atoms with Gasteiger partial charge >= 0.3 is 0 Å². The van der Waals surface area contributed by atoms with Gasteiger partial charge in [-0.1, -0.05) is 42.5 Å². The van der Waals surface area contributed by atoms with Crippen molar-refractivity contribution in [2.45, 2.75) is 0 Å². The van der Waals surface area contributed by atoms with E-state index >= 15 is 0 Å². The number of hydrogen-bond donors (Lipinski definition) is 0. The minimum absolute atomic E-state index is 0.708. The lowest BCUT2D eigenvalue weighted by Gasteiger charge is -2.10. The molecule has 3 aromatic rings. The Morgan fingerprint density at radius 1 is 0.824 bits per heavy atom. The normalized spacial score (nSPS) is 10.4. The van der Waals surface area contributed by atoms with Crippen LogP contribution in [0.4, 0.5) is 5.82 Å². The predicted molar refractivity (Wildman–Crippen MR) is 66.8 cm³/mol. The van der Waals surface area contributed by atoms with Gasteiger partial charge in [0, 0.05) is 18.0 Å². The molecule has 0 unspecified atom stereocenters. The molecule has 2 heterocycles. The van der Waals surface area contributed by atoms with E-state index in [4.69, 9.17) is 0 Å². The summed E-state index contributed by atoms with van der Waals surface area (Å²) in [7, 11) is 0. The quantitative estimate of drug-likeness (QED) is 0.612. The SMILES string of the molecule is c1cc[n+]([N-]c2ccc3ccccc3n2)cc1. The second kappa shape index (κ2) is 4.22. The highest BCUT2D eigenvalue weighted by Gasteiger charge is 1.94. The third-order valence-electron chi connectivity index (χ3n) is 2.50. The third kappa shape index (κ3) is 2.08. The van der Waals surface area contributed by atoms with Crippen LogP contribution in [0.25, 0.3) is 16.3 Å². The van der Waals surface area contributed by atoms with E-state index in [2.05, 4.69) is 10.4 Å². The zero-order valence-corrected chi connectivity index (χ0v) is 9.19. The molecule has 0 saturated carbocycles. The fourth-order valence-electron chi connectivity index (χ4n) is 1.69. The van der Waals surface area contributed by atoms with Crippen LogP contribution in [0.2, 0.25) is 0 Å². The second-order valence-corrected chi connectivity index (χ2v) is 3.72. The van der Waals surface area contributed by atoms with Crippen LogP contribution in [0.5, 0.6) is 0 Å². The van der Waals surface area contributed by atoms with Crippen LogP contribution in [-0.2, 0) is 0 Å². The third-order valence-corrected chi connectivity index (χ3v) is 2.50. The van der Waals surface area contributed by atoms with Gasteiger partial charge in [-0.3, -0.25) is 0 Å². The van der Waals surface area contributed by atoms with E-state index in [9.17, 15) is 0 Å². The molecule has 0 aliphatic carbocycles. The molecular formula is C14H11N3. The fraction of sp³-hybridized carbons (Fsp3) is 0. The van der Waals surface area contributed by atoms with Crippen molar-refractivity contribution >= 4 is 16.7 Å². The Kier molecular flexibility index (Phi) is 2.43. The summed E-state index contributed by atoms with van der Waals surface area (Å²) in [6, 6.07) is 17.8. The zero-order valence-electron chi connectivity index (χ0n) is 9.19. The van der Waals surface area contributed by atoms with Gasteiger partial charge in [0.1, 0.15) is 0 Å². The first kappa shape index (κ1) is 9.78. The minimum atomic E-state index is 0.708. The molecule has 0 saturated heterocycles. The van der Waals surface area contributed by atoms with Crippen LogP contribution >= 0.6 is 0 Å². The molecule has 0 amide bonds. The molecule has 0 spiro atoms. The number of para-hydroxylation sites is 1. The molecule has 3 heteroatoms. The molecule has 3 nitrogen and oxygen atoms in total. The van der Waals surface area contributed by atoms with E-state index in [1.165, 1.54) is 0 Å². The minimum Gasteiger partial charge on any atom is -0.431 e. The summed E-state index contributed by atoms with van der Waals surface area (Å²) in [5.74, 6) is 0.708. The molecule has 17 heavy (non-hydrogen) atoms. The maximum absolute atomic E-state index is 4.48. The summed E-state index contributed by atoms with van der Waals surface area (Å²) in [6.07, 6.45) is 3.77. The Labute approximate surface area is 99.3 Å². The van der Waals surface area contributed by atoms with Crippen molar-refractivity contribution in [3.63, 3.8) is 0 Å². The molecule has 3 rings (SSSR count). The predicted octanol–water partition coefficient (Wildman–Crippen LogP) is 2.99. The van der Waals surface area contributed by atoms with Gasteiger partial charge in [0.15, 0.2) is 12.4 Å². The molecule has 0 radical (unpaired) electrons. The summed E-state index contributed by atoms with van der Waals surface area (Å²) in [5, 5.41) is 1.13. The molecule has 0 fully saturated rings. The van der Waals surface area contributed by atoms with Crippen molar-refractivity contribution in [1.29, 1.82) is 0 Å². The average molecular weight is 221 g/mol. The summed E-state index contributed by atoms with van der Waals surface area (Å²) < 4.78 is 1.75. The van der Waals surface area contributed by atoms with Crippen LogP contribution in [0, 0.1) is 0 Å². The number of fused-ring (bicyclic) bond motifs is 1. The average Bonchev–Trinajstić information content (AvgIpc) is 2.40. The lowest BCUT2D eigenvalue weighted by atomic mass is 10.2. The summed E-state index contributed by atoms with van der Waals surface area (Å²) in [6.45, 7) is 0. The van der Waals surface area contributed by atoms with Gasteiger partial charge in [-0.2, -0.15) is 10.1 Å². The number of hydrogen-bond acceptors (Lipinski definition) is 1. The molecule has 0 aliphatic rings. The Morgan fingerprint density at radius 3 is 2.53 bits per heavy atom. The first-order valence-corrected chi connectivity index (χ1v) is 5.46. The van der Waals surface area contributed by atoms with Crippen molar-refractivity contribution in [3.05, 3.63) is 72.4 Å². The topological polar surface area (TPSA) is 30.9 Å². The summed E-state index contributed by atoms with van der Waals surface area (Å²) >= 11 is 0. The molecule has 0 aliphatic heterocycles. The van der Waals surface area contributed by atoms with Gasteiger partial charge in [-0.15, -0.1) is 0 Å². The number of benzene rings is 1. The van der Waals surface area contributed by atoms with Gasteiger partial charge in [0.05, 0.1) is 0 Å². The maximum atomic E-state index is 4.48. The smallest absolute Gasteiger partial charge is 0.182 e. The van der Waals surface area contributed by atoms with Crippen molar-refractivity contribution in [3.8, 4) is 0 Å². The zero-order chi connectivity index (χ0) is 11.5. The standard InChI is InChI=1S/C14H11N3/c1-4-10-17(11-5-1)16-14-9-8-12-6-2-3-7-13(12)15-14/h1-11H. The van der Waals surface area contributed by atoms with Crippen LogP contribution in [-0.4, -0.2) is 4.98 Å². The molecular weight excluding hydrogens is 210 g/mol. The molecule has 1 aromatic carbocycles. The van der Waals surface area contributed by atoms with Crippen molar-refractivity contribution < 1.29 is 4.68 Å². The van der Waals surface area contributed by atoms with Gasteiger partial charge in [-0.05, 0) is 10.9 Å². The molecule has 82 valence electrons. The number of rotatable bonds is 2. The van der Waals surface area contributed by atoms with Gasteiger partial charge in [0.25, 0.3) is 0 Å². The maximum Gasteiger partial charge on any atom is 0.182 e. The first-order chi connectivity index (χ1) is 8.42. The highest BCUT2D eigenvalue weighted by Crippen LogP contribution is 2.17. The Morgan fingerprint density at radius 2 is 1.65 bits per heavy atom. The second-order valence-electron chi connectivity index (χ2n) is 3.72. The molecule has 2 aromatic heterocycles. The number of pyridine rings is 2. The Bertz CT molecular complexity index is 635. The monoisotopic (exact) mass is 221 g/mol. The summed E-state index contributed by atoms with van der Waals surface area (Å²) in [5.41, 5.74) is 5.36. The number of aromatic nitrogens is 2. The lowest BCUT2D eigenvalue weighted by Crippen LogP contribution is -2.26. The largest absolute Gasteiger partial charge is 0.431 e. The van der Waals surface area contributed by atoms with Crippen molar-refractivity contribution in [2.75, 3.05) is 0 Å². The van der Waals surface area contributed by atoms with Gasteiger partial charge in [-0.25, -0.2) is 0 Å². The highest BCUT2D eigenvalue weighted by molar-refractivity contribution is 5.80. The van der Waals surface area contributed by atoms with E-state index in [1.54, 1.807) is 4.68 Å². The highest BCUT2D eigenvalue weighted by atomic mass is 15.4. The van der Waals surface area contributed by atoms with E-state index in [0.717, 1.165) is 10.9 Å². The van der Waals surface area contributed by atoms with Crippen LogP contribution in [0.15, 0.2) is 67.0 Å². The summed E-state index contributed by atoms with van der Waals surface area (Å²) in [4.78, 5) is 4.48. The van der Waals surface area contributed by atoms with E-state index in [0.29, 0.717) is 5.82 Å². The van der Waals surface area contributed by atoms with Crippen LogP contribution in [0.3, 0.4) is 0 Å². The van der Waals surface area contributed by atoms with Crippen molar-refractivity contribution in [2.24, 2.45) is 0 Å². The first-order valence-electron chi connectivity index (χ1n) is 5.46. The van der Waals surface area contributed by atoms with E-state index < -0.39 is 0 Å². The van der Waals surface area contributed by atoms with Crippen molar-refractivity contribution in [1.82, 2.24) is 4.98 Å². The van der Waals surface area contributed by atoms with Gasteiger partial charge in [0.2, 0.25) is 0 Å². The fourth-order valence-corrected chi connectivity index (χ4v) is 1.69. The van der Waals surface area contributed by atoms with Crippen LogP contribution in [0.1, 0.15) is 0 Å². The van der Waals surface area contributed by atoms with E-state index in [-0.39, 0.29) is 0 Å². The van der Waals surface area contributed by atoms with Crippen LogP contribution < -0.4 is 4.68 Å². The van der Waals surface area contributed by atoms with E-state index in [1.807, 2.05) is 67.0 Å². The molecule has 0 bridgehead atoms. The Hall–Kier alpha value is -2.42. The number of nitrogens with zero attached hydrogens (tertiary/aromatic N) is 3. The molecule has 0 N–H and O–H groups in total. The molecule has 0 atom stereocenters. The van der Waals surface area contributed by atoms with Gasteiger partial charge < -0.3 is 4.98 Å². The Balaban J connectivity index is 1.96.